The summed E-state index contributed by atoms with van der Waals surface area (Å²) >= 11 is 12.5. The molecule has 1 heterocycles. The Labute approximate surface area is 223 Å². The van der Waals surface area contributed by atoms with Crippen LogP contribution in [-0.4, -0.2) is 61.2 Å². The predicted octanol–water partition coefficient (Wildman–Crippen LogP) is 5.58. The molecule has 4 rings (SSSR count). The molecule has 0 bridgehead atoms. The van der Waals surface area contributed by atoms with Gasteiger partial charge in [-0.1, -0.05) is 77.8 Å². The molecular weight excluding hydrogens is 495 g/mol. The highest BCUT2D eigenvalue weighted by Crippen LogP contribution is 2.36. The van der Waals surface area contributed by atoms with Crippen LogP contribution in [0.3, 0.4) is 0 Å². The highest BCUT2D eigenvalue weighted by atomic mass is 35.5. The topological polar surface area (TPSA) is 53.0 Å². The van der Waals surface area contributed by atoms with Crippen LogP contribution in [0.4, 0.5) is 0 Å². The second-order valence-corrected chi connectivity index (χ2v) is 10.2. The average Bonchev–Trinajstić information content (AvgIpc) is 2.91. The SMILES string of the molecule is COc1ccccc1C(C(=O)N(C)CCN1CCC(O)(c2ccccc2)CC1)c1ccc(Cl)c(Cl)c1. The van der Waals surface area contributed by atoms with Crippen molar-refractivity contribution in [2.45, 2.75) is 24.4 Å². The largest absolute Gasteiger partial charge is 0.496 e. The first-order valence-electron chi connectivity index (χ1n) is 12.2. The molecule has 0 radical (unpaired) electrons. The van der Waals surface area contributed by atoms with E-state index in [2.05, 4.69) is 4.90 Å². The quantitative estimate of drug-likeness (QED) is 0.416. The molecule has 0 aliphatic carbocycles. The molecule has 1 amide bonds. The molecule has 0 aromatic heterocycles. The van der Waals surface area contributed by atoms with Crippen LogP contribution in [0.5, 0.6) is 5.75 Å². The number of halogens is 2. The van der Waals surface area contributed by atoms with Gasteiger partial charge in [-0.05, 0) is 42.2 Å². The van der Waals surface area contributed by atoms with Crippen LogP contribution < -0.4 is 4.74 Å². The first-order valence-corrected chi connectivity index (χ1v) is 12.9. The number of para-hydroxylation sites is 1. The molecule has 1 N–H and O–H groups in total. The number of benzene rings is 3. The summed E-state index contributed by atoms with van der Waals surface area (Å²) in [4.78, 5) is 17.9. The number of hydrogen-bond acceptors (Lipinski definition) is 4. The van der Waals surface area contributed by atoms with E-state index in [1.165, 1.54) is 0 Å². The summed E-state index contributed by atoms with van der Waals surface area (Å²) in [5.74, 6) is 0.0210. The molecule has 1 atom stereocenters. The van der Waals surface area contributed by atoms with E-state index in [4.69, 9.17) is 27.9 Å². The molecule has 1 aliphatic rings. The monoisotopic (exact) mass is 526 g/mol. The maximum atomic E-state index is 13.8. The van der Waals surface area contributed by atoms with Crippen molar-refractivity contribution in [3.05, 3.63) is 99.5 Å². The van der Waals surface area contributed by atoms with Gasteiger partial charge in [0.15, 0.2) is 0 Å². The van der Waals surface area contributed by atoms with E-state index in [0.29, 0.717) is 35.2 Å². The summed E-state index contributed by atoms with van der Waals surface area (Å²) in [6.07, 6.45) is 1.34. The molecule has 1 saturated heterocycles. The van der Waals surface area contributed by atoms with E-state index in [1.54, 1.807) is 24.1 Å². The van der Waals surface area contributed by atoms with Crippen molar-refractivity contribution in [3.63, 3.8) is 0 Å². The molecule has 3 aromatic carbocycles. The van der Waals surface area contributed by atoms with Gasteiger partial charge in [0.2, 0.25) is 5.91 Å². The maximum Gasteiger partial charge on any atom is 0.234 e. The number of likely N-dealkylation sites (N-methyl/N-ethyl adjacent to an activating group) is 1. The average molecular weight is 527 g/mol. The van der Waals surface area contributed by atoms with Crippen molar-refractivity contribution in [2.24, 2.45) is 0 Å². The fraction of sp³-hybridized carbons (Fsp3) is 0.345. The highest BCUT2D eigenvalue weighted by molar-refractivity contribution is 6.42. The van der Waals surface area contributed by atoms with Crippen molar-refractivity contribution in [1.29, 1.82) is 0 Å². The summed E-state index contributed by atoms with van der Waals surface area (Å²) in [6, 6.07) is 22.7. The van der Waals surface area contributed by atoms with Gasteiger partial charge in [0.05, 0.1) is 28.7 Å². The van der Waals surface area contributed by atoms with Crippen molar-refractivity contribution in [1.82, 2.24) is 9.80 Å². The number of amides is 1. The number of likely N-dealkylation sites (tertiary alicyclic amines) is 1. The number of hydrogen-bond donors (Lipinski definition) is 1. The summed E-state index contributed by atoms with van der Waals surface area (Å²) < 4.78 is 5.58. The van der Waals surface area contributed by atoms with Crippen LogP contribution in [0.25, 0.3) is 0 Å². The lowest BCUT2D eigenvalue weighted by molar-refractivity contribution is -0.131. The lowest BCUT2D eigenvalue weighted by Crippen LogP contribution is -2.45. The Balaban J connectivity index is 1.46. The Morgan fingerprint density at radius 2 is 1.69 bits per heavy atom. The number of carbonyl (C=O) groups excluding carboxylic acids is 1. The molecule has 7 heteroatoms. The Morgan fingerprint density at radius 3 is 2.36 bits per heavy atom. The summed E-state index contributed by atoms with van der Waals surface area (Å²) in [5.41, 5.74) is 1.72. The lowest BCUT2D eigenvalue weighted by Gasteiger charge is -2.39. The van der Waals surface area contributed by atoms with Crippen LogP contribution in [-0.2, 0) is 10.4 Å². The van der Waals surface area contributed by atoms with E-state index in [1.807, 2.05) is 67.7 Å². The van der Waals surface area contributed by atoms with Crippen LogP contribution in [0.1, 0.15) is 35.4 Å². The molecule has 1 aliphatic heterocycles. The van der Waals surface area contributed by atoms with E-state index >= 15 is 0 Å². The molecule has 0 spiro atoms. The van der Waals surface area contributed by atoms with E-state index in [0.717, 1.165) is 36.3 Å². The lowest BCUT2D eigenvalue weighted by atomic mass is 9.84. The zero-order chi connectivity index (χ0) is 25.7. The van der Waals surface area contributed by atoms with Gasteiger partial charge in [0.1, 0.15) is 5.75 Å². The third-order valence-corrected chi connectivity index (χ3v) is 7.84. The van der Waals surface area contributed by atoms with Gasteiger partial charge in [-0.25, -0.2) is 0 Å². The number of methoxy groups -OCH3 is 1. The number of aliphatic hydroxyl groups is 1. The number of carbonyl (C=O) groups is 1. The van der Waals surface area contributed by atoms with E-state index in [9.17, 15) is 9.90 Å². The van der Waals surface area contributed by atoms with Crippen LogP contribution in [0, 0.1) is 0 Å². The predicted molar refractivity (Wildman–Crippen MR) is 145 cm³/mol. The van der Waals surface area contributed by atoms with Crippen molar-refractivity contribution in [3.8, 4) is 5.75 Å². The number of piperidine rings is 1. The van der Waals surface area contributed by atoms with Crippen LogP contribution in [0.2, 0.25) is 10.0 Å². The van der Waals surface area contributed by atoms with Gasteiger partial charge in [-0.2, -0.15) is 0 Å². The van der Waals surface area contributed by atoms with E-state index < -0.39 is 11.5 Å². The van der Waals surface area contributed by atoms with Gasteiger partial charge in [0.25, 0.3) is 0 Å². The molecule has 5 nitrogen and oxygen atoms in total. The van der Waals surface area contributed by atoms with Gasteiger partial charge >= 0.3 is 0 Å². The van der Waals surface area contributed by atoms with Crippen LogP contribution in [0.15, 0.2) is 72.8 Å². The van der Waals surface area contributed by atoms with E-state index in [-0.39, 0.29) is 5.91 Å². The highest BCUT2D eigenvalue weighted by Gasteiger charge is 2.34. The van der Waals surface area contributed by atoms with Gasteiger partial charge in [0, 0.05) is 38.8 Å². The third-order valence-electron chi connectivity index (χ3n) is 7.10. The smallest absolute Gasteiger partial charge is 0.234 e. The molecular formula is C29H32Cl2N2O3. The van der Waals surface area contributed by atoms with Gasteiger partial charge < -0.3 is 19.6 Å². The van der Waals surface area contributed by atoms with Crippen molar-refractivity contribution in [2.75, 3.05) is 40.3 Å². The Bertz CT molecular complexity index is 1180. The minimum absolute atomic E-state index is 0.0457. The zero-order valence-electron chi connectivity index (χ0n) is 20.7. The number of ether oxygens (including phenoxy) is 1. The van der Waals surface area contributed by atoms with Gasteiger partial charge in [-0.3, -0.25) is 4.79 Å². The molecule has 3 aromatic rings. The second kappa shape index (κ2) is 11.7. The number of rotatable bonds is 8. The Kier molecular flexibility index (Phi) is 8.58. The first kappa shape index (κ1) is 26.5. The fourth-order valence-corrected chi connectivity index (χ4v) is 5.16. The molecule has 0 saturated carbocycles. The standard InChI is InChI=1S/C29H32Cl2N2O3/c1-32(18-19-33-16-14-29(35,15-17-33)22-8-4-3-5-9-22)28(34)27(21-12-13-24(30)25(31)20-21)23-10-6-7-11-26(23)36-2/h3-13,20,27,35H,14-19H2,1-2H3. The molecule has 1 unspecified atom stereocenters. The molecule has 1 fully saturated rings. The van der Waals surface area contributed by atoms with Gasteiger partial charge in [-0.15, -0.1) is 0 Å². The first-order chi connectivity index (χ1) is 17.3. The molecule has 190 valence electrons. The second-order valence-electron chi connectivity index (χ2n) is 9.35. The maximum absolute atomic E-state index is 13.8. The molecule has 36 heavy (non-hydrogen) atoms. The third kappa shape index (κ3) is 5.87. The Hall–Kier alpha value is -2.57. The minimum Gasteiger partial charge on any atom is -0.496 e. The number of nitrogens with zero attached hydrogens (tertiary/aromatic N) is 2. The Morgan fingerprint density at radius 1 is 1.03 bits per heavy atom. The summed E-state index contributed by atoms with van der Waals surface area (Å²) in [7, 11) is 3.43. The minimum atomic E-state index is -0.789. The van der Waals surface area contributed by atoms with Crippen LogP contribution >= 0.6 is 23.2 Å². The normalized spacial score (nSPS) is 16.4. The fourth-order valence-electron chi connectivity index (χ4n) is 4.86. The summed E-state index contributed by atoms with van der Waals surface area (Å²) in [5, 5.41) is 12.0. The van der Waals surface area contributed by atoms with Crippen molar-refractivity contribution >= 4 is 29.1 Å². The zero-order valence-corrected chi connectivity index (χ0v) is 22.2. The summed E-state index contributed by atoms with van der Waals surface area (Å²) in [6.45, 7) is 2.84. The van der Waals surface area contributed by atoms with Crippen molar-refractivity contribution < 1.29 is 14.6 Å².